The van der Waals surface area contributed by atoms with Gasteiger partial charge in [0.1, 0.15) is 0 Å². The molecule has 3 heteroatoms. The van der Waals surface area contributed by atoms with E-state index in [4.69, 9.17) is 10.2 Å². The highest BCUT2D eigenvalue weighted by Crippen LogP contribution is 1.98. The Bertz CT molecular complexity index is 78.0. The summed E-state index contributed by atoms with van der Waals surface area (Å²) in [5.74, 6) is 0. The third kappa shape index (κ3) is 3.15. The van der Waals surface area contributed by atoms with E-state index in [2.05, 4.69) is 0 Å². The summed E-state index contributed by atoms with van der Waals surface area (Å²) in [5.41, 5.74) is 0. The maximum absolute atomic E-state index is 8.81. The van der Waals surface area contributed by atoms with Crippen molar-refractivity contribution in [1.29, 1.82) is 0 Å². The van der Waals surface area contributed by atoms with E-state index in [1.54, 1.807) is 0 Å². The number of hydrogen-bond donors (Lipinski definition) is 2. The third-order valence-corrected chi connectivity index (χ3v) is 1.80. The molecule has 0 aliphatic heterocycles. The molecule has 0 heterocycles. The van der Waals surface area contributed by atoms with Gasteiger partial charge in [-0.25, -0.2) is 0 Å². The van der Waals surface area contributed by atoms with Gasteiger partial charge < -0.3 is 15.1 Å². The number of rotatable bonds is 5. The van der Waals surface area contributed by atoms with Crippen molar-refractivity contribution < 1.29 is 10.2 Å². The van der Waals surface area contributed by atoms with E-state index in [1.165, 1.54) is 0 Å². The first-order valence-electron chi connectivity index (χ1n) is 3.68. The van der Waals surface area contributed by atoms with Gasteiger partial charge in [-0.3, -0.25) is 0 Å². The molecule has 62 valence electrons. The largest absolute Gasteiger partial charge is 0.396 e. The van der Waals surface area contributed by atoms with Crippen molar-refractivity contribution in [2.45, 2.75) is 19.4 Å². The Labute approximate surface area is 62.3 Å². The summed E-state index contributed by atoms with van der Waals surface area (Å²) >= 11 is 0. The van der Waals surface area contributed by atoms with Crippen molar-refractivity contribution in [3.63, 3.8) is 0 Å². The molecule has 0 rings (SSSR count). The van der Waals surface area contributed by atoms with Crippen molar-refractivity contribution in [2.75, 3.05) is 26.8 Å². The topological polar surface area (TPSA) is 43.7 Å². The highest BCUT2D eigenvalue weighted by molar-refractivity contribution is 4.65. The fourth-order valence-electron chi connectivity index (χ4n) is 0.858. The number of nitrogens with zero attached hydrogens (tertiary/aromatic N) is 1. The maximum atomic E-state index is 8.81. The molecule has 0 aromatic carbocycles. The zero-order valence-electron chi connectivity index (χ0n) is 6.75. The standard InChI is InChI=1S/C7H17NO2/c1-3-8(2)7(6-10)4-5-9/h7,9-10H,3-6H2,1-2H3. The Morgan fingerprint density at radius 2 is 2.00 bits per heavy atom. The van der Waals surface area contributed by atoms with Crippen LogP contribution < -0.4 is 0 Å². The molecule has 0 amide bonds. The van der Waals surface area contributed by atoms with Gasteiger partial charge in [0.05, 0.1) is 6.61 Å². The number of hydrogen-bond acceptors (Lipinski definition) is 3. The number of likely N-dealkylation sites (N-methyl/N-ethyl adjacent to an activating group) is 1. The normalized spacial score (nSPS) is 14.1. The highest BCUT2D eigenvalue weighted by atomic mass is 16.3. The molecule has 0 aliphatic rings. The van der Waals surface area contributed by atoms with Crippen LogP contribution in [0.25, 0.3) is 0 Å². The molecular weight excluding hydrogens is 130 g/mol. The van der Waals surface area contributed by atoms with Gasteiger partial charge in [-0.2, -0.15) is 0 Å². The van der Waals surface area contributed by atoms with E-state index in [0.29, 0.717) is 6.42 Å². The second kappa shape index (κ2) is 5.65. The van der Waals surface area contributed by atoms with Crippen molar-refractivity contribution in [2.24, 2.45) is 0 Å². The lowest BCUT2D eigenvalue weighted by molar-refractivity contribution is 0.124. The molecule has 0 aromatic heterocycles. The number of aliphatic hydroxyl groups is 2. The summed E-state index contributed by atoms with van der Waals surface area (Å²) in [6.45, 7) is 3.21. The van der Waals surface area contributed by atoms with Gasteiger partial charge in [-0.15, -0.1) is 0 Å². The molecule has 0 aliphatic carbocycles. The van der Waals surface area contributed by atoms with Crippen LogP contribution in [-0.4, -0.2) is 48.0 Å². The lowest BCUT2D eigenvalue weighted by atomic mass is 10.2. The van der Waals surface area contributed by atoms with Crippen molar-refractivity contribution >= 4 is 0 Å². The SMILES string of the molecule is CCN(C)C(CO)CCO. The first-order chi connectivity index (χ1) is 4.76. The summed E-state index contributed by atoms with van der Waals surface area (Å²) in [5, 5.41) is 17.4. The van der Waals surface area contributed by atoms with E-state index in [-0.39, 0.29) is 19.3 Å². The quantitative estimate of drug-likeness (QED) is 0.560. The van der Waals surface area contributed by atoms with Crippen molar-refractivity contribution in [1.82, 2.24) is 4.90 Å². The average molecular weight is 147 g/mol. The Hall–Kier alpha value is -0.120. The Morgan fingerprint density at radius 3 is 2.30 bits per heavy atom. The fraction of sp³-hybridized carbons (Fsp3) is 1.00. The van der Waals surface area contributed by atoms with Crippen LogP contribution >= 0.6 is 0 Å². The van der Waals surface area contributed by atoms with Crippen LogP contribution in [0.2, 0.25) is 0 Å². The van der Waals surface area contributed by atoms with Crippen LogP contribution in [0.3, 0.4) is 0 Å². The monoisotopic (exact) mass is 147 g/mol. The van der Waals surface area contributed by atoms with E-state index < -0.39 is 0 Å². The maximum Gasteiger partial charge on any atom is 0.0587 e. The summed E-state index contributed by atoms with van der Waals surface area (Å²) in [4.78, 5) is 2.02. The zero-order chi connectivity index (χ0) is 7.98. The van der Waals surface area contributed by atoms with Crippen LogP contribution in [-0.2, 0) is 0 Å². The van der Waals surface area contributed by atoms with E-state index in [0.717, 1.165) is 6.54 Å². The van der Waals surface area contributed by atoms with E-state index in [1.807, 2.05) is 18.9 Å². The molecule has 0 radical (unpaired) electrons. The second-order valence-electron chi connectivity index (χ2n) is 2.42. The molecule has 0 aromatic rings. The molecule has 1 unspecified atom stereocenters. The lowest BCUT2D eigenvalue weighted by Crippen LogP contribution is -2.35. The molecular formula is C7H17NO2. The van der Waals surface area contributed by atoms with Gasteiger partial charge >= 0.3 is 0 Å². The highest BCUT2D eigenvalue weighted by Gasteiger charge is 2.09. The molecule has 0 fully saturated rings. The summed E-state index contributed by atoms with van der Waals surface area (Å²) < 4.78 is 0. The van der Waals surface area contributed by atoms with E-state index in [9.17, 15) is 0 Å². The zero-order valence-corrected chi connectivity index (χ0v) is 6.75. The first kappa shape index (κ1) is 9.88. The first-order valence-corrected chi connectivity index (χ1v) is 3.68. The van der Waals surface area contributed by atoms with Gasteiger partial charge in [-0.05, 0) is 20.0 Å². The average Bonchev–Trinajstić information content (AvgIpc) is 1.99. The molecule has 0 bridgehead atoms. The van der Waals surface area contributed by atoms with Gasteiger partial charge in [0.15, 0.2) is 0 Å². The minimum Gasteiger partial charge on any atom is -0.396 e. The van der Waals surface area contributed by atoms with Crippen LogP contribution in [0.15, 0.2) is 0 Å². The van der Waals surface area contributed by atoms with Crippen LogP contribution in [0.5, 0.6) is 0 Å². The molecule has 2 N–H and O–H groups in total. The minimum absolute atomic E-state index is 0.120. The van der Waals surface area contributed by atoms with Gasteiger partial charge in [0.2, 0.25) is 0 Å². The Morgan fingerprint density at radius 1 is 1.40 bits per heavy atom. The van der Waals surface area contributed by atoms with Crippen LogP contribution in [0, 0.1) is 0 Å². The molecule has 3 nitrogen and oxygen atoms in total. The van der Waals surface area contributed by atoms with E-state index >= 15 is 0 Å². The van der Waals surface area contributed by atoms with Crippen molar-refractivity contribution in [3.8, 4) is 0 Å². The summed E-state index contributed by atoms with van der Waals surface area (Å²) in [7, 11) is 1.94. The third-order valence-electron chi connectivity index (χ3n) is 1.80. The molecule has 1 atom stereocenters. The molecule has 10 heavy (non-hydrogen) atoms. The Balaban J connectivity index is 3.56. The lowest BCUT2D eigenvalue weighted by Gasteiger charge is -2.23. The van der Waals surface area contributed by atoms with Gasteiger partial charge in [0, 0.05) is 12.6 Å². The molecule has 0 saturated carbocycles. The Kier molecular flexibility index (Phi) is 5.58. The summed E-state index contributed by atoms with van der Waals surface area (Å²) in [6.07, 6.45) is 0.654. The summed E-state index contributed by atoms with van der Waals surface area (Å²) in [6, 6.07) is 0.120. The van der Waals surface area contributed by atoms with Crippen LogP contribution in [0.4, 0.5) is 0 Å². The van der Waals surface area contributed by atoms with Gasteiger partial charge in [-0.1, -0.05) is 6.92 Å². The minimum atomic E-state index is 0.120. The van der Waals surface area contributed by atoms with Crippen molar-refractivity contribution in [3.05, 3.63) is 0 Å². The van der Waals surface area contributed by atoms with Crippen LogP contribution in [0.1, 0.15) is 13.3 Å². The molecule has 0 saturated heterocycles. The second-order valence-corrected chi connectivity index (χ2v) is 2.42. The predicted molar refractivity (Wildman–Crippen MR) is 40.9 cm³/mol. The van der Waals surface area contributed by atoms with Gasteiger partial charge in [0.25, 0.3) is 0 Å². The predicted octanol–water partition coefficient (Wildman–Crippen LogP) is -0.319. The smallest absolute Gasteiger partial charge is 0.0587 e. The number of aliphatic hydroxyl groups excluding tert-OH is 2. The molecule has 0 spiro atoms. The fourth-order valence-corrected chi connectivity index (χ4v) is 0.858.